The van der Waals surface area contributed by atoms with E-state index in [1.807, 2.05) is 6.07 Å². The summed E-state index contributed by atoms with van der Waals surface area (Å²) in [5, 5.41) is 11.9. The maximum absolute atomic E-state index is 13.1. The lowest BCUT2D eigenvalue weighted by Crippen LogP contribution is -2.19. The Morgan fingerprint density at radius 1 is 1.28 bits per heavy atom. The van der Waals surface area contributed by atoms with Crippen LogP contribution in [0, 0.1) is 23.0 Å². The first-order valence-electron chi connectivity index (χ1n) is 5.31. The molecular weight excluding hydrogens is 238 g/mol. The molecule has 0 spiro atoms. The Balaban J connectivity index is 2.08. The fraction of sp³-hybridized carbons (Fsp3) is 0.154. The van der Waals surface area contributed by atoms with E-state index in [0.29, 0.717) is 17.9 Å². The number of halogens is 2. The zero-order chi connectivity index (χ0) is 13.0. The van der Waals surface area contributed by atoms with Crippen molar-refractivity contribution >= 4 is 0 Å². The second kappa shape index (κ2) is 5.43. The summed E-state index contributed by atoms with van der Waals surface area (Å²) in [7, 11) is 0. The van der Waals surface area contributed by atoms with Gasteiger partial charge in [-0.25, -0.2) is 8.78 Å². The van der Waals surface area contributed by atoms with Crippen molar-refractivity contribution in [1.82, 2.24) is 5.32 Å². The van der Waals surface area contributed by atoms with Gasteiger partial charge in [0.05, 0.1) is 18.9 Å². The Bertz CT molecular complexity index is 561. The van der Waals surface area contributed by atoms with Crippen molar-refractivity contribution in [3.63, 3.8) is 0 Å². The average Bonchev–Trinajstić information content (AvgIpc) is 2.87. The first-order valence-corrected chi connectivity index (χ1v) is 5.31. The smallest absolute Gasteiger partial charge is 0.159 e. The molecule has 2 rings (SSSR count). The second-order valence-corrected chi connectivity index (χ2v) is 3.70. The van der Waals surface area contributed by atoms with Crippen molar-refractivity contribution in [2.45, 2.75) is 12.6 Å². The molecule has 0 radical (unpaired) electrons. The highest BCUT2D eigenvalue weighted by molar-refractivity contribution is 5.25. The molecule has 5 heteroatoms. The molecule has 1 aromatic carbocycles. The summed E-state index contributed by atoms with van der Waals surface area (Å²) in [5.74, 6) is -1.23. The minimum Gasteiger partial charge on any atom is -0.468 e. The van der Waals surface area contributed by atoms with E-state index in [-0.39, 0.29) is 0 Å². The Hall–Kier alpha value is -2.19. The van der Waals surface area contributed by atoms with Gasteiger partial charge in [0.2, 0.25) is 0 Å². The number of hydrogen-bond donors (Lipinski definition) is 1. The van der Waals surface area contributed by atoms with Crippen molar-refractivity contribution in [2.24, 2.45) is 0 Å². The fourth-order valence-electron chi connectivity index (χ4n) is 1.55. The predicted molar refractivity (Wildman–Crippen MR) is 60.3 cm³/mol. The highest BCUT2D eigenvalue weighted by Gasteiger charge is 2.13. The predicted octanol–water partition coefficient (Wildman–Crippen LogP) is 2.91. The monoisotopic (exact) mass is 248 g/mol. The van der Waals surface area contributed by atoms with Crippen LogP contribution in [0.15, 0.2) is 41.0 Å². The van der Waals surface area contributed by atoms with Gasteiger partial charge in [0, 0.05) is 0 Å². The van der Waals surface area contributed by atoms with E-state index in [0.717, 1.165) is 12.1 Å². The standard InChI is InChI=1S/C13H10F2N2O/c14-11-4-3-9(6-12(11)15)13(7-16)17-8-10-2-1-5-18-10/h1-6,13,17H,8H2. The highest BCUT2D eigenvalue weighted by Crippen LogP contribution is 2.16. The summed E-state index contributed by atoms with van der Waals surface area (Å²) in [4.78, 5) is 0. The number of hydrogen-bond acceptors (Lipinski definition) is 3. The van der Waals surface area contributed by atoms with Gasteiger partial charge in [-0.05, 0) is 29.8 Å². The molecule has 3 nitrogen and oxygen atoms in total. The number of nitrogens with one attached hydrogen (secondary N) is 1. The van der Waals surface area contributed by atoms with E-state index in [1.54, 1.807) is 12.1 Å². The lowest BCUT2D eigenvalue weighted by atomic mass is 10.1. The molecule has 1 aromatic heterocycles. The van der Waals surface area contributed by atoms with Crippen molar-refractivity contribution in [2.75, 3.05) is 0 Å². The number of furan rings is 1. The molecule has 0 amide bonds. The molecule has 1 heterocycles. The van der Waals surface area contributed by atoms with Gasteiger partial charge in [0.25, 0.3) is 0 Å². The van der Waals surface area contributed by atoms with Gasteiger partial charge in [0.1, 0.15) is 11.8 Å². The van der Waals surface area contributed by atoms with Crippen LogP contribution in [0.25, 0.3) is 0 Å². The van der Waals surface area contributed by atoms with Crippen LogP contribution in [-0.2, 0) is 6.54 Å². The van der Waals surface area contributed by atoms with Gasteiger partial charge >= 0.3 is 0 Å². The van der Waals surface area contributed by atoms with E-state index in [4.69, 9.17) is 9.68 Å². The Morgan fingerprint density at radius 3 is 2.72 bits per heavy atom. The van der Waals surface area contributed by atoms with Crippen molar-refractivity contribution in [1.29, 1.82) is 5.26 Å². The topological polar surface area (TPSA) is 49.0 Å². The van der Waals surface area contributed by atoms with Crippen LogP contribution in [0.5, 0.6) is 0 Å². The maximum Gasteiger partial charge on any atom is 0.159 e. The van der Waals surface area contributed by atoms with Crippen LogP contribution in [0.4, 0.5) is 8.78 Å². The quantitative estimate of drug-likeness (QED) is 0.905. The summed E-state index contributed by atoms with van der Waals surface area (Å²) in [6.45, 7) is 0.338. The third kappa shape index (κ3) is 2.73. The van der Waals surface area contributed by atoms with E-state index in [2.05, 4.69) is 5.32 Å². The molecule has 92 valence electrons. The number of benzene rings is 1. The van der Waals surface area contributed by atoms with E-state index >= 15 is 0 Å². The first-order chi connectivity index (χ1) is 8.70. The summed E-state index contributed by atoms with van der Waals surface area (Å²) in [5.41, 5.74) is 0.378. The molecule has 1 N–H and O–H groups in total. The second-order valence-electron chi connectivity index (χ2n) is 3.70. The minimum absolute atomic E-state index is 0.338. The van der Waals surface area contributed by atoms with E-state index in [1.165, 1.54) is 12.3 Å². The molecule has 0 bridgehead atoms. The molecule has 0 fully saturated rings. The van der Waals surface area contributed by atoms with Gasteiger partial charge < -0.3 is 4.42 Å². The molecule has 0 saturated heterocycles. The van der Waals surface area contributed by atoms with Crippen molar-refractivity contribution < 1.29 is 13.2 Å². The minimum atomic E-state index is -0.965. The maximum atomic E-state index is 13.1. The Morgan fingerprint density at radius 2 is 2.11 bits per heavy atom. The SMILES string of the molecule is N#CC(NCc1ccco1)c1ccc(F)c(F)c1. The van der Waals surface area contributed by atoms with Crippen LogP contribution >= 0.6 is 0 Å². The van der Waals surface area contributed by atoms with Crippen molar-refractivity contribution in [3.05, 3.63) is 59.6 Å². The zero-order valence-corrected chi connectivity index (χ0v) is 9.36. The highest BCUT2D eigenvalue weighted by atomic mass is 19.2. The van der Waals surface area contributed by atoms with Gasteiger partial charge in [-0.15, -0.1) is 0 Å². The number of nitriles is 1. The van der Waals surface area contributed by atoms with Crippen LogP contribution < -0.4 is 5.32 Å². The largest absolute Gasteiger partial charge is 0.468 e. The molecule has 18 heavy (non-hydrogen) atoms. The lowest BCUT2D eigenvalue weighted by Gasteiger charge is -2.10. The zero-order valence-electron chi connectivity index (χ0n) is 9.36. The van der Waals surface area contributed by atoms with Gasteiger partial charge in [-0.2, -0.15) is 5.26 Å². The number of nitrogens with zero attached hydrogens (tertiary/aromatic N) is 1. The molecule has 0 aliphatic heterocycles. The van der Waals surface area contributed by atoms with E-state index < -0.39 is 17.7 Å². The fourth-order valence-corrected chi connectivity index (χ4v) is 1.55. The van der Waals surface area contributed by atoms with Crippen molar-refractivity contribution in [3.8, 4) is 6.07 Å². The molecular formula is C13H10F2N2O. The third-order valence-electron chi connectivity index (χ3n) is 2.47. The van der Waals surface area contributed by atoms with Crippen LogP contribution in [-0.4, -0.2) is 0 Å². The summed E-state index contributed by atoms with van der Waals surface area (Å²) in [6, 6.07) is 8.15. The van der Waals surface area contributed by atoms with Crippen LogP contribution in [0.1, 0.15) is 17.4 Å². The van der Waals surface area contributed by atoms with Crippen LogP contribution in [0.2, 0.25) is 0 Å². The molecule has 0 saturated carbocycles. The lowest BCUT2D eigenvalue weighted by molar-refractivity contribution is 0.470. The molecule has 0 aliphatic carbocycles. The van der Waals surface area contributed by atoms with E-state index in [9.17, 15) is 8.78 Å². The van der Waals surface area contributed by atoms with Crippen LogP contribution in [0.3, 0.4) is 0 Å². The summed E-state index contributed by atoms with van der Waals surface area (Å²) < 4.78 is 30.9. The summed E-state index contributed by atoms with van der Waals surface area (Å²) >= 11 is 0. The normalized spacial score (nSPS) is 12.1. The Labute approximate surface area is 103 Å². The molecule has 1 atom stereocenters. The summed E-state index contributed by atoms with van der Waals surface area (Å²) in [6.07, 6.45) is 1.52. The average molecular weight is 248 g/mol. The molecule has 1 unspecified atom stereocenters. The number of rotatable bonds is 4. The molecule has 0 aliphatic rings. The van der Waals surface area contributed by atoms with Gasteiger partial charge in [0.15, 0.2) is 11.6 Å². The first kappa shape index (κ1) is 12.3. The van der Waals surface area contributed by atoms with Gasteiger partial charge in [-0.3, -0.25) is 5.32 Å². The third-order valence-corrected chi connectivity index (χ3v) is 2.47. The molecule has 2 aromatic rings. The Kier molecular flexibility index (Phi) is 3.70. The van der Waals surface area contributed by atoms with Gasteiger partial charge in [-0.1, -0.05) is 6.07 Å².